The zero-order valence-electron chi connectivity index (χ0n) is 10.9. The van der Waals surface area contributed by atoms with E-state index in [0.717, 1.165) is 0 Å². The highest BCUT2D eigenvalue weighted by molar-refractivity contribution is 6.43. The quantitative estimate of drug-likeness (QED) is 0.504. The summed E-state index contributed by atoms with van der Waals surface area (Å²) in [6, 6.07) is 6.27. The van der Waals surface area contributed by atoms with Gasteiger partial charge >= 0.3 is 5.97 Å². The molecule has 6 nitrogen and oxygen atoms in total. The van der Waals surface area contributed by atoms with E-state index in [1.807, 2.05) is 0 Å². The summed E-state index contributed by atoms with van der Waals surface area (Å²) < 4.78 is 4.65. The zero-order valence-corrected chi connectivity index (χ0v) is 11.7. The lowest BCUT2D eigenvalue weighted by atomic mass is 9.98. The number of nitrogens with one attached hydrogen (secondary N) is 1. The third kappa shape index (κ3) is 3.88. The molecule has 1 N–H and O–H groups in total. The van der Waals surface area contributed by atoms with Gasteiger partial charge in [0.05, 0.1) is 13.0 Å². The van der Waals surface area contributed by atoms with Crippen LogP contribution < -0.4 is 5.32 Å². The average molecular weight is 310 g/mol. The average Bonchev–Trinajstić information content (AvgIpc) is 2.85. The van der Waals surface area contributed by atoms with Crippen LogP contribution in [0.15, 0.2) is 24.3 Å². The van der Waals surface area contributed by atoms with Gasteiger partial charge in [-0.25, -0.2) is 0 Å². The molecule has 1 aliphatic heterocycles. The number of anilines is 1. The number of hydrogen-bond donors (Lipinski definition) is 1. The first-order chi connectivity index (χ1) is 9.97. The van der Waals surface area contributed by atoms with Crippen molar-refractivity contribution in [1.29, 1.82) is 0 Å². The van der Waals surface area contributed by atoms with E-state index in [4.69, 9.17) is 11.6 Å². The van der Waals surface area contributed by atoms with Crippen LogP contribution in [0, 0.1) is 5.92 Å². The Morgan fingerprint density at radius 3 is 2.71 bits per heavy atom. The van der Waals surface area contributed by atoms with Gasteiger partial charge in [0, 0.05) is 17.1 Å². The van der Waals surface area contributed by atoms with E-state index in [0.29, 0.717) is 10.7 Å². The number of halogens is 1. The number of ether oxygens (including phenoxy) is 1. The van der Waals surface area contributed by atoms with Gasteiger partial charge in [0.1, 0.15) is 5.92 Å². The second-order valence-electron chi connectivity index (χ2n) is 4.54. The van der Waals surface area contributed by atoms with Crippen LogP contribution in [0.5, 0.6) is 0 Å². The van der Waals surface area contributed by atoms with Crippen LogP contribution >= 0.6 is 11.6 Å². The predicted octanol–water partition coefficient (Wildman–Crippen LogP) is 1.37. The number of rotatable bonds is 5. The summed E-state index contributed by atoms with van der Waals surface area (Å²) in [5.74, 6) is -3.99. The monoisotopic (exact) mass is 309 g/mol. The number of amides is 1. The summed E-state index contributed by atoms with van der Waals surface area (Å²) in [6.07, 6.45) is -0.368. The maximum Gasteiger partial charge on any atom is 0.316 e. The maximum atomic E-state index is 11.8. The second-order valence-corrected chi connectivity index (χ2v) is 4.98. The minimum Gasteiger partial charge on any atom is -0.465 e. The Balaban J connectivity index is 1.92. The molecule has 0 bridgehead atoms. The Bertz CT molecular complexity index is 613. The Morgan fingerprint density at radius 1 is 1.33 bits per heavy atom. The van der Waals surface area contributed by atoms with Gasteiger partial charge in [-0.1, -0.05) is 17.7 Å². The first kappa shape index (κ1) is 15.2. The van der Waals surface area contributed by atoms with Gasteiger partial charge in [-0.2, -0.15) is 0 Å². The van der Waals surface area contributed by atoms with Gasteiger partial charge in [-0.05, 0) is 18.2 Å². The van der Waals surface area contributed by atoms with Crippen LogP contribution in [0.25, 0.3) is 0 Å². The molecular formula is C14H12ClNO5. The minimum absolute atomic E-state index is 0.165. The van der Waals surface area contributed by atoms with Crippen molar-refractivity contribution in [3.63, 3.8) is 0 Å². The Labute approximate surface area is 125 Å². The lowest BCUT2D eigenvalue weighted by Crippen LogP contribution is -2.29. The van der Waals surface area contributed by atoms with E-state index in [1.54, 1.807) is 18.2 Å². The molecule has 0 spiro atoms. The molecule has 1 atom stereocenters. The van der Waals surface area contributed by atoms with Crippen LogP contribution in [-0.4, -0.2) is 30.0 Å². The van der Waals surface area contributed by atoms with Crippen molar-refractivity contribution in [2.75, 3.05) is 11.9 Å². The van der Waals surface area contributed by atoms with Crippen LogP contribution in [0.1, 0.15) is 12.8 Å². The van der Waals surface area contributed by atoms with Crippen molar-refractivity contribution in [3.8, 4) is 0 Å². The Kier molecular flexibility index (Phi) is 4.70. The predicted molar refractivity (Wildman–Crippen MR) is 73.8 cm³/mol. The number of esters is 1. The van der Waals surface area contributed by atoms with E-state index >= 15 is 0 Å². The molecule has 110 valence electrons. The van der Waals surface area contributed by atoms with E-state index < -0.39 is 35.8 Å². The number of benzene rings is 1. The summed E-state index contributed by atoms with van der Waals surface area (Å²) in [6.45, 7) is 0.165. The number of carbonyl (C=O) groups excluding carboxylic acids is 4. The Morgan fingerprint density at radius 2 is 2.10 bits per heavy atom. The molecular weight excluding hydrogens is 298 g/mol. The molecule has 21 heavy (non-hydrogen) atoms. The molecule has 2 rings (SSSR count). The molecule has 1 aromatic carbocycles. The molecule has 1 heterocycles. The van der Waals surface area contributed by atoms with Crippen LogP contribution in [-0.2, 0) is 23.9 Å². The number of cyclic esters (lactones) is 1. The summed E-state index contributed by atoms with van der Waals surface area (Å²) in [4.78, 5) is 46.4. The second kappa shape index (κ2) is 6.49. The van der Waals surface area contributed by atoms with Crippen molar-refractivity contribution in [2.24, 2.45) is 5.92 Å². The molecule has 1 saturated heterocycles. The molecule has 1 amide bonds. The van der Waals surface area contributed by atoms with Crippen LogP contribution in [0.4, 0.5) is 5.69 Å². The van der Waals surface area contributed by atoms with Crippen LogP contribution in [0.2, 0.25) is 5.02 Å². The number of carbonyl (C=O) groups is 4. The molecule has 1 aromatic rings. The summed E-state index contributed by atoms with van der Waals surface area (Å²) in [5.41, 5.74) is 0.355. The topological polar surface area (TPSA) is 89.5 Å². The fraction of sp³-hybridized carbons (Fsp3) is 0.286. The zero-order chi connectivity index (χ0) is 15.4. The van der Waals surface area contributed by atoms with E-state index in [-0.39, 0.29) is 13.0 Å². The first-order valence-electron chi connectivity index (χ1n) is 6.26. The standard InChI is InChI=1S/C14H12ClNO5/c15-8-2-1-3-9(6-8)16-13(19)12(18)7-11(17)10-4-5-21-14(10)20/h1-3,6,10H,4-5,7H2,(H,16,19)/t10-/m0/s1. The van der Waals surface area contributed by atoms with Gasteiger partial charge < -0.3 is 10.1 Å². The smallest absolute Gasteiger partial charge is 0.316 e. The molecule has 7 heteroatoms. The Hall–Kier alpha value is -2.21. The highest BCUT2D eigenvalue weighted by Gasteiger charge is 2.34. The van der Waals surface area contributed by atoms with Gasteiger partial charge in [0.25, 0.3) is 5.91 Å². The van der Waals surface area contributed by atoms with Gasteiger partial charge in [0.2, 0.25) is 5.78 Å². The number of Topliss-reactive ketones (excluding diaryl/α,β-unsaturated/α-hetero) is 2. The fourth-order valence-electron chi connectivity index (χ4n) is 1.92. The van der Waals surface area contributed by atoms with Crippen molar-refractivity contribution in [2.45, 2.75) is 12.8 Å². The highest BCUT2D eigenvalue weighted by Crippen LogP contribution is 2.18. The molecule has 0 saturated carbocycles. The van der Waals surface area contributed by atoms with E-state index in [1.165, 1.54) is 6.07 Å². The molecule has 0 aromatic heterocycles. The third-order valence-electron chi connectivity index (χ3n) is 2.99. The van der Waals surface area contributed by atoms with Crippen molar-refractivity contribution in [3.05, 3.63) is 29.3 Å². The summed E-state index contributed by atoms with van der Waals surface area (Å²) >= 11 is 5.75. The molecule has 0 radical (unpaired) electrons. The largest absolute Gasteiger partial charge is 0.465 e. The van der Waals surface area contributed by atoms with Gasteiger partial charge in [-0.3, -0.25) is 19.2 Å². The van der Waals surface area contributed by atoms with Crippen LogP contribution in [0.3, 0.4) is 0 Å². The minimum atomic E-state index is -0.937. The summed E-state index contributed by atoms with van der Waals surface area (Å²) in [7, 11) is 0. The first-order valence-corrected chi connectivity index (χ1v) is 6.64. The van der Waals surface area contributed by atoms with E-state index in [9.17, 15) is 19.2 Å². The number of hydrogen-bond acceptors (Lipinski definition) is 5. The highest BCUT2D eigenvalue weighted by atomic mass is 35.5. The third-order valence-corrected chi connectivity index (χ3v) is 3.23. The summed E-state index contributed by atoms with van der Waals surface area (Å²) in [5, 5.41) is 2.76. The fourth-order valence-corrected chi connectivity index (χ4v) is 2.11. The maximum absolute atomic E-state index is 11.8. The molecule has 0 aliphatic carbocycles. The lowest BCUT2D eigenvalue weighted by molar-refractivity contribution is -0.145. The van der Waals surface area contributed by atoms with Crippen molar-refractivity contribution < 1.29 is 23.9 Å². The molecule has 1 fully saturated rings. The lowest BCUT2D eigenvalue weighted by Gasteiger charge is -2.06. The number of ketones is 2. The van der Waals surface area contributed by atoms with Gasteiger partial charge in [0.15, 0.2) is 5.78 Å². The van der Waals surface area contributed by atoms with Crippen molar-refractivity contribution >= 4 is 40.7 Å². The normalized spacial score (nSPS) is 17.2. The van der Waals surface area contributed by atoms with Gasteiger partial charge in [-0.15, -0.1) is 0 Å². The molecule has 1 aliphatic rings. The van der Waals surface area contributed by atoms with Crippen molar-refractivity contribution in [1.82, 2.24) is 0 Å². The van der Waals surface area contributed by atoms with E-state index in [2.05, 4.69) is 10.1 Å². The molecule has 0 unspecified atom stereocenters. The SMILES string of the molecule is O=C(CC(=O)[C@@H]1CCOC1=O)C(=O)Nc1cccc(Cl)c1.